The van der Waals surface area contributed by atoms with Crippen LogP contribution in [0.1, 0.15) is 44.5 Å². The highest BCUT2D eigenvalue weighted by atomic mass is 31.2. The second-order valence-electron chi connectivity index (χ2n) is 14.0. The predicted molar refractivity (Wildman–Crippen MR) is 217 cm³/mol. The summed E-state index contributed by atoms with van der Waals surface area (Å²) in [6.07, 6.45) is 0. The highest BCUT2D eigenvalue weighted by Gasteiger charge is 2.31. The van der Waals surface area contributed by atoms with E-state index < -0.39 is 15.6 Å². The molecule has 0 aliphatic rings. The molecule has 0 unspecified atom stereocenters. The van der Waals surface area contributed by atoms with Gasteiger partial charge in [-0.2, -0.15) is 0 Å². The smallest absolute Gasteiger partial charge is 0.404 e. The lowest BCUT2D eigenvalue weighted by Crippen LogP contribution is -2.04. The fourth-order valence-corrected chi connectivity index (χ4v) is 8.69. The summed E-state index contributed by atoms with van der Waals surface area (Å²) in [6, 6.07) is 30.5. The zero-order chi connectivity index (χ0) is 39.3. The van der Waals surface area contributed by atoms with E-state index in [1.807, 2.05) is 140 Å². The summed E-state index contributed by atoms with van der Waals surface area (Å²) >= 11 is 0. The second-order valence-corrected chi connectivity index (χ2v) is 16.3. The molecule has 0 radical (unpaired) electrons. The van der Waals surface area contributed by atoms with Crippen LogP contribution in [0.5, 0.6) is 11.5 Å². The van der Waals surface area contributed by atoms with Crippen molar-refractivity contribution in [2.45, 2.75) is 55.4 Å². The summed E-state index contributed by atoms with van der Waals surface area (Å²) in [7, 11) is -10.1. The molecule has 6 aromatic rings. The van der Waals surface area contributed by atoms with Crippen molar-refractivity contribution in [3.05, 3.63) is 142 Å². The number of hydrogen-bond acceptors (Lipinski definition) is 4. The maximum Gasteiger partial charge on any atom is 0.524 e. The largest absolute Gasteiger partial charge is 0.524 e. The molecule has 0 aliphatic carbocycles. The van der Waals surface area contributed by atoms with Gasteiger partial charge in [-0.15, -0.1) is 0 Å². The Morgan fingerprint density at radius 2 is 0.556 bits per heavy atom. The maximum atomic E-state index is 12.6. The lowest BCUT2D eigenvalue weighted by molar-refractivity contribution is 0.281. The van der Waals surface area contributed by atoms with Gasteiger partial charge in [0.05, 0.1) is 0 Å². The van der Waals surface area contributed by atoms with Crippen LogP contribution in [0.3, 0.4) is 0 Å². The molecule has 0 aromatic heterocycles. The Hall–Kier alpha value is -4.78. The molecule has 278 valence electrons. The first-order chi connectivity index (χ1) is 25.4. The zero-order valence-electron chi connectivity index (χ0n) is 31.6. The summed E-state index contributed by atoms with van der Waals surface area (Å²) < 4.78 is 36.3. The van der Waals surface area contributed by atoms with Gasteiger partial charge in [-0.3, -0.25) is 19.6 Å². The van der Waals surface area contributed by atoms with E-state index in [1.165, 1.54) is 0 Å². The first-order valence-corrected chi connectivity index (χ1v) is 20.5. The fourth-order valence-electron chi connectivity index (χ4n) is 7.88. The van der Waals surface area contributed by atoms with Gasteiger partial charge in [0.2, 0.25) is 0 Å². The van der Waals surface area contributed by atoms with Crippen molar-refractivity contribution in [2.24, 2.45) is 0 Å². The molecule has 0 fully saturated rings. The molecule has 8 nitrogen and oxygen atoms in total. The molecule has 0 spiro atoms. The lowest BCUT2D eigenvalue weighted by Gasteiger charge is -2.28. The third-order valence-electron chi connectivity index (χ3n) is 9.98. The Morgan fingerprint density at radius 1 is 0.333 bits per heavy atom. The molecule has 54 heavy (non-hydrogen) atoms. The van der Waals surface area contributed by atoms with Crippen molar-refractivity contribution >= 4 is 15.6 Å². The molecule has 4 N–H and O–H groups in total. The molecule has 0 amide bonds. The molecule has 6 rings (SSSR count). The van der Waals surface area contributed by atoms with Crippen molar-refractivity contribution in [2.75, 3.05) is 0 Å². The number of phosphoric acid groups is 2. The summed E-state index contributed by atoms with van der Waals surface area (Å²) in [5.74, 6) is 0.0411. The van der Waals surface area contributed by atoms with Gasteiger partial charge >= 0.3 is 15.6 Å². The van der Waals surface area contributed by atoms with E-state index in [0.29, 0.717) is 22.3 Å². The van der Waals surface area contributed by atoms with Crippen molar-refractivity contribution in [1.82, 2.24) is 0 Å². The summed E-state index contributed by atoms with van der Waals surface area (Å²) in [5, 5.41) is 0. The molecule has 0 saturated carbocycles. The Balaban J connectivity index is 1.94. The van der Waals surface area contributed by atoms with Crippen LogP contribution in [-0.2, 0) is 9.13 Å². The third-order valence-corrected chi connectivity index (χ3v) is 10.9. The second kappa shape index (κ2) is 14.8. The van der Waals surface area contributed by atoms with Crippen LogP contribution in [0.2, 0.25) is 0 Å². The van der Waals surface area contributed by atoms with Gasteiger partial charge in [-0.25, -0.2) is 9.13 Å². The van der Waals surface area contributed by atoms with Gasteiger partial charge in [0.1, 0.15) is 11.5 Å². The highest BCUT2D eigenvalue weighted by molar-refractivity contribution is 7.47. The third kappa shape index (κ3) is 7.60. The number of benzene rings is 6. The van der Waals surface area contributed by atoms with Crippen LogP contribution >= 0.6 is 15.6 Å². The SMILES string of the molecule is Cc1cccc(C)c1-c1c(OP(=O)(O)O)ccc(-c2ccc(OP(=O)(O)O)c(-c3c(C)cccc3C)c2-c2c(C)cccc2C)c1-c1c(C)cccc1C. The topological polar surface area (TPSA) is 134 Å². The molecule has 0 atom stereocenters. The highest BCUT2D eigenvalue weighted by Crippen LogP contribution is 2.56. The summed E-state index contributed by atoms with van der Waals surface area (Å²) in [6.45, 7) is 15.8. The maximum absolute atomic E-state index is 12.6. The Labute approximate surface area is 316 Å². The summed E-state index contributed by atoms with van der Waals surface area (Å²) in [5.41, 5.74) is 14.4. The average molecular weight is 763 g/mol. The first kappa shape index (κ1) is 38.9. The number of aryl methyl sites for hydroxylation is 8. The Morgan fingerprint density at radius 3 is 0.778 bits per heavy atom. The quantitative estimate of drug-likeness (QED) is 0.107. The molecule has 0 aliphatic heterocycles. The van der Waals surface area contributed by atoms with E-state index in [2.05, 4.69) is 0 Å². The van der Waals surface area contributed by atoms with Gasteiger partial charge in [0, 0.05) is 22.3 Å². The molecule has 10 heteroatoms. The molecule has 0 heterocycles. The lowest BCUT2D eigenvalue weighted by atomic mass is 9.77. The van der Waals surface area contributed by atoms with Crippen molar-refractivity contribution in [1.29, 1.82) is 0 Å². The Kier molecular flexibility index (Phi) is 10.7. The molecular weight excluding hydrogens is 718 g/mol. The van der Waals surface area contributed by atoms with Crippen LogP contribution < -0.4 is 9.05 Å². The van der Waals surface area contributed by atoms with Gasteiger partial charge in [-0.05, 0) is 158 Å². The van der Waals surface area contributed by atoms with Crippen LogP contribution in [0.4, 0.5) is 0 Å². The van der Waals surface area contributed by atoms with Gasteiger partial charge in [0.25, 0.3) is 0 Å². The van der Waals surface area contributed by atoms with Crippen LogP contribution in [-0.4, -0.2) is 19.6 Å². The minimum Gasteiger partial charge on any atom is -0.404 e. The van der Waals surface area contributed by atoms with Gasteiger partial charge in [0.15, 0.2) is 0 Å². The van der Waals surface area contributed by atoms with E-state index in [9.17, 15) is 28.7 Å². The first-order valence-electron chi connectivity index (χ1n) is 17.5. The van der Waals surface area contributed by atoms with Crippen LogP contribution in [0, 0.1) is 55.4 Å². The molecular formula is C44H44O8P2. The van der Waals surface area contributed by atoms with E-state index in [0.717, 1.165) is 77.9 Å². The van der Waals surface area contributed by atoms with E-state index in [-0.39, 0.29) is 11.5 Å². The van der Waals surface area contributed by atoms with Gasteiger partial charge in [-0.1, -0.05) is 72.8 Å². The minimum absolute atomic E-state index is 0.0205. The van der Waals surface area contributed by atoms with E-state index in [4.69, 9.17) is 9.05 Å². The standard InChI is InChI=1S/C44H44O8P2/c1-25-13-9-14-26(2)37(25)41-33(21-23-35(51-53(45,46)47)43(41)39-29(5)17-11-18-30(39)6)34-22-24-36(52-54(48,49)50)44(40-31(7)19-12-20-32(40)8)42(34)38-27(3)15-10-16-28(38)4/h9-24H,1-8H3,(H2,45,46,47)(H2,48,49,50). The van der Waals surface area contributed by atoms with Crippen molar-refractivity contribution in [3.63, 3.8) is 0 Å². The number of rotatable bonds is 9. The number of phosphoric ester groups is 2. The molecule has 6 aromatic carbocycles. The van der Waals surface area contributed by atoms with E-state index in [1.54, 1.807) is 12.1 Å². The van der Waals surface area contributed by atoms with Crippen LogP contribution in [0.15, 0.2) is 97.1 Å². The van der Waals surface area contributed by atoms with Crippen LogP contribution in [0.25, 0.3) is 55.6 Å². The summed E-state index contributed by atoms with van der Waals surface area (Å²) in [4.78, 5) is 41.0. The molecule has 0 bridgehead atoms. The van der Waals surface area contributed by atoms with Gasteiger partial charge < -0.3 is 9.05 Å². The Bertz CT molecular complexity index is 2290. The number of hydrogen-bond donors (Lipinski definition) is 4. The van der Waals surface area contributed by atoms with E-state index >= 15 is 0 Å². The fraction of sp³-hybridized carbons (Fsp3) is 0.182. The average Bonchev–Trinajstić information content (AvgIpc) is 3.05. The predicted octanol–water partition coefficient (Wildman–Crippen LogP) is 11.4. The van der Waals surface area contributed by atoms with Crippen molar-refractivity contribution in [3.8, 4) is 67.1 Å². The minimum atomic E-state index is -5.03. The van der Waals surface area contributed by atoms with Crippen molar-refractivity contribution < 1.29 is 37.8 Å². The monoisotopic (exact) mass is 762 g/mol. The molecule has 0 saturated heterocycles. The zero-order valence-corrected chi connectivity index (χ0v) is 33.3. The normalized spacial score (nSPS) is 11.9.